The van der Waals surface area contributed by atoms with Crippen LogP contribution in [0.25, 0.3) is 0 Å². The standard InChI is InChI=1S/C19H18N4O6/c1-2-29-19(26)15-9-17(18(24)25)21(12-15)11-14-5-4-13(8-16(14)23(27)28)10-22-7-3-6-20-22/h3-9,12H,2,10-11H2,1H3,(H,24,25). The molecule has 29 heavy (non-hydrogen) atoms. The molecular weight excluding hydrogens is 380 g/mol. The Bertz CT molecular complexity index is 1050. The summed E-state index contributed by atoms with van der Waals surface area (Å²) in [6.45, 7) is 2.07. The number of esters is 1. The second-order valence-electron chi connectivity index (χ2n) is 6.19. The number of carbonyl (C=O) groups is 2. The molecule has 2 aromatic heterocycles. The highest BCUT2D eigenvalue weighted by atomic mass is 16.6. The van der Waals surface area contributed by atoms with Crippen LogP contribution in [0.5, 0.6) is 0 Å². The highest BCUT2D eigenvalue weighted by Crippen LogP contribution is 2.23. The molecule has 1 N–H and O–H groups in total. The average molecular weight is 398 g/mol. The molecule has 10 nitrogen and oxygen atoms in total. The number of hydrogen-bond acceptors (Lipinski definition) is 6. The van der Waals surface area contributed by atoms with Crippen LogP contribution < -0.4 is 0 Å². The molecule has 0 spiro atoms. The van der Waals surface area contributed by atoms with Crippen molar-refractivity contribution in [2.24, 2.45) is 0 Å². The van der Waals surface area contributed by atoms with Gasteiger partial charge in [0.1, 0.15) is 5.69 Å². The number of carbonyl (C=O) groups excluding carboxylic acids is 1. The van der Waals surface area contributed by atoms with Crippen molar-refractivity contribution in [1.29, 1.82) is 0 Å². The summed E-state index contributed by atoms with van der Waals surface area (Å²) < 4.78 is 7.81. The van der Waals surface area contributed by atoms with Gasteiger partial charge in [-0.25, -0.2) is 9.59 Å². The highest BCUT2D eigenvalue weighted by molar-refractivity contribution is 5.94. The Labute approximate surface area is 165 Å². The molecule has 3 aromatic rings. The molecule has 0 unspecified atom stereocenters. The fourth-order valence-electron chi connectivity index (χ4n) is 2.92. The molecule has 150 valence electrons. The zero-order valence-electron chi connectivity index (χ0n) is 15.5. The van der Waals surface area contributed by atoms with Gasteiger partial charge in [-0.1, -0.05) is 12.1 Å². The first-order valence-corrected chi connectivity index (χ1v) is 8.73. The highest BCUT2D eigenvalue weighted by Gasteiger charge is 2.21. The summed E-state index contributed by atoms with van der Waals surface area (Å²) >= 11 is 0. The van der Waals surface area contributed by atoms with Gasteiger partial charge in [-0.15, -0.1) is 0 Å². The molecular formula is C19H18N4O6. The second kappa shape index (κ2) is 8.38. The predicted molar refractivity (Wildman–Crippen MR) is 101 cm³/mol. The van der Waals surface area contributed by atoms with E-state index in [0.717, 1.165) is 0 Å². The van der Waals surface area contributed by atoms with E-state index in [0.29, 0.717) is 17.7 Å². The van der Waals surface area contributed by atoms with Crippen molar-refractivity contribution in [3.05, 3.63) is 81.4 Å². The first kappa shape index (κ1) is 19.8. The lowest BCUT2D eigenvalue weighted by atomic mass is 10.1. The number of nitro groups is 1. The molecule has 10 heteroatoms. The molecule has 0 radical (unpaired) electrons. The summed E-state index contributed by atoms with van der Waals surface area (Å²) in [6.07, 6.45) is 4.68. The predicted octanol–water partition coefficient (Wildman–Crippen LogP) is 2.56. The number of benzene rings is 1. The van der Waals surface area contributed by atoms with E-state index in [1.165, 1.54) is 22.9 Å². The van der Waals surface area contributed by atoms with Gasteiger partial charge < -0.3 is 14.4 Å². The minimum absolute atomic E-state index is 0.0715. The van der Waals surface area contributed by atoms with E-state index in [1.54, 1.807) is 42.2 Å². The second-order valence-corrected chi connectivity index (χ2v) is 6.19. The summed E-state index contributed by atoms with van der Waals surface area (Å²) in [5.74, 6) is -1.91. The van der Waals surface area contributed by atoms with E-state index in [1.807, 2.05) is 0 Å². The van der Waals surface area contributed by atoms with Crippen LogP contribution in [0, 0.1) is 10.1 Å². The van der Waals surface area contributed by atoms with E-state index in [4.69, 9.17) is 4.74 Å². The van der Waals surface area contributed by atoms with Crippen molar-refractivity contribution in [3.8, 4) is 0 Å². The van der Waals surface area contributed by atoms with Crippen LogP contribution >= 0.6 is 0 Å². The third kappa shape index (κ3) is 4.49. The number of carboxylic acids is 1. The Morgan fingerprint density at radius 2 is 2.07 bits per heavy atom. The van der Waals surface area contributed by atoms with Crippen molar-refractivity contribution in [1.82, 2.24) is 14.3 Å². The van der Waals surface area contributed by atoms with E-state index in [-0.39, 0.29) is 30.1 Å². The molecule has 0 aliphatic heterocycles. The maximum atomic E-state index is 11.9. The van der Waals surface area contributed by atoms with Crippen LogP contribution in [-0.2, 0) is 17.8 Å². The molecule has 0 saturated carbocycles. The minimum atomic E-state index is -1.25. The van der Waals surface area contributed by atoms with Crippen molar-refractivity contribution in [3.63, 3.8) is 0 Å². The van der Waals surface area contributed by atoms with Gasteiger partial charge >= 0.3 is 11.9 Å². The molecule has 0 bridgehead atoms. The number of nitrogens with zero attached hydrogens (tertiary/aromatic N) is 4. The fraction of sp³-hybridized carbons (Fsp3) is 0.211. The molecule has 2 heterocycles. The average Bonchev–Trinajstić information content (AvgIpc) is 3.33. The lowest BCUT2D eigenvalue weighted by molar-refractivity contribution is -0.385. The van der Waals surface area contributed by atoms with E-state index in [9.17, 15) is 24.8 Å². The normalized spacial score (nSPS) is 10.7. The van der Waals surface area contributed by atoms with Gasteiger partial charge in [0.2, 0.25) is 0 Å². The first-order chi connectivity index (χ1) is 13.9. The van der Waals surface area contributed by atoms with Crippen LogP contribution in [0.15, 0.2) is 48.9 Å². The molecule has 3 rings (SSSR count). The molecule has 0 aliphatic carbocycles. The molecule has 0 fully saturated rings. The van der Waals surface area contributed by atoms with E-state index < -0.39 is 16.9 Å². The lowest BCUT2D eigenvalue weighted by Crippen LogP contribution is -2.10. The number of nitro benzene ring substituents is 1. The molecule has 0 aliphatic rings. The molecule has 0 saturated heterocycles. The molecule has 1 aromatic carbocycles. The summed E-state index contributed by atoms with van der Waals surface area (Å²) in [5.41, 5.74) is 0.762. The third-order valence-corrected chi connectivity index (χ3v) is 4.22. The van der Waals surface area contributed by atoms with E-state index >= 15 is 0 Å². The maximum absolute atomic E-state index is 11.9. The molecule has 0 atom stereocenters. The van der Waals surface area contributed by atoms with Crippen molar-refractivity contribution < 1.29 is 24.4 Å². The lowest BCUT2D eigenvalue weighted by Gasteiger charge is -2.09. The van der Waals surface area contributed by atoms with Crippen LogP contribution in [0.1, 0.15) is 38.9 Å². The van der Waals surface area contributed by atoms with E-state index in [2.05, 4.69) is 5.10 Å². The quantitative estimate of drug-likeness (QED) is 0.351. The monoisotopic (exact) mass is 398 g/mol. The van der Waals surface area contributed by atoms with Gasteiger partial charge in [0.05, 0.1) is 30.2 Å². The summed E-state index contributed by atoms with van der Waals surface area (Å²) in [7, 11) is 0. The summed E-state index contributed by atoms with van der Waals surface area (Å²) in [5, 5.41) is 25.1. The number of carboxylic acid groups (broad SMARTS) is 1. The maximum Gasteiger partial charge on any atom is 0.352 e. The molecule has 0 amide bonds. The van der Waals surface area contributed by atoms with Crippen molar-refractivity contribution >= 4 is 17.6 Å². The zero-order valence-corrected chi connectivity index (χ0v) is 15.5. The minimum Gasteiger partial charge on any atom is -0.477 e. The number of hydrogen-bond donors (Lipinski definition) is 1. The smallest absolute Gasteiger partial charge is 0.352 e. The zero-order chi connectivity index (χ0) is 21.0. The Hall–Kier alpha value is -3.95. The number of aromatic nitrogens is 3. The number of aromatic carboxylic acids is 1. The van der Waals surface area contributed by atoms with Crippen molar-refractivity contribution in [2.45, 2.75) is 20.0 Å². The Morgan fingerprint density at radius 3 is 2.69 bits per heavy atom. The number of ether oxygens (including phenoxy) is 1. The SMILES string of the molecule is CCOC(=O)c1cc(C(=O)O)n(Cc2ccc(Cn3cccn3)cc2[N+](=O)[O-])c1. The van der Waals surface area contributed by atoms with Gasteiger partial charge in [-0.3, -0.25) is 14.8 Å². The first-order valence-electron chi connectivity index (χ1n) is 8.73. The fourth-order valence-corrected chi connectivity index (χ4v) is 2.92. The Kier molecular flexibility index (Phi) is 5.72. The van der Waals surface area contributed by atoms with Gasteiger partial charge in [-0.05, 0) is 24.6 Å². The van der Waals surface area contributed by atoms with Crippen LogP contribution in [-0.4, -0.2) is 42.9 Å². The van der Waals surface area contributed by atoms with Gasteiger partial charge in [-0.2, -0.15) is 5.10 Å². The van der Waals surface area contributed by atoms with Crippen LogP contribution in [0.3, 0.4) is 0 Å². The van der Waals surface area contributed by atoms with Crippen molar-refractivity contribution in [2.75, 3.05) is 6.61 Å². The topological polar surface area (TPSA) is 129 Å². The van der Waals surface area contributed by atoms with Crippen LogP contribution in [0.2, 0.25) is 0 Å². The largest absolute Gasteiger partial charge is 0.477 e. The van der Waals surface area contributed by atoms with Gasteiger partial charge in [0.15, 0.2) is 0 Å². The Morgan fingerprint density at radius 1 is 1.28 bits per heavy atom. The number of rotatable bonds is 8. The van der Waals surface area contributed by atoms with Gasteiger partial charge in [0.25, 0.3) is 5.69 Å². The van der Waals surface area contributed by atoms with Crippen LogP contribution in [0.4, 0.5) is 5.69 Å². The summed E-state index contributed by atoms with van der Waals surface area (Å²) in [6, 6.07) is 7.68. The van der Waals surface area contributed by atoms with Gasteiger partial charge in [0, 0.05) is 30.2 Å². The Balaban J connectivity index is 1.93. The summed E-state index contributed by atoms with van der Waals surface area (Å²) in [4.78, 5) is 34.5. The third-order valence-electron chi connectivity index (χ3n) is 4.22.